The maximum Gasteiger partial charge on any atom is 0.136 e. The van der Waals surface area contributed by atoms with Crippen molar-refractivity contribution in [3.05, 3.63) is 255 Å². The number of nitrogens with zero attached hydrogens (tertiary/aromatic N) is 2. The maximum absolute atomic E-state index is 6.32. The van der Waals surface area contributed by atoms with E-state index in [1.165, 1.54) is 60.4 Å². The lowest BCUT2D eigenvalue weighted by molar-refractivity contribution is 0.669. The average molecular weight is 855 g/mol. The van der Waals surface area contributed by atoms with Crippen molar-refractivity contribution in [1.82, 2.24) is 4.57 Å². The van der Waals surface area contributed by atoms with Crippen molar-refractivity contribution in [3.8, 4) is 50.2 Å². The fourth-order valence-electron chi connectivity index (χ4n) is 10.2. The van der Waals surface area contributed by atoms with Crippen molar-refractivity contribution in [2.75, 3.05) is 4.90 Å². The monoisotopic (exact) mass is 854 g/mol. The van der Waals surface area contributed by atoms with Gasteiger partial charge in [-0.1, -0.05) is 176 Å². The number of furan rings is 1. The molecule has 3 nitrogen and oxygen atoms in total. The summed E-state index contributed by atoms with van der Waals surface area (Å²) in [6, 6.07) is 91.9. The van der Waals surface area contributed by atoms with E-state index in [4.69, 9.17) is 4.42 Å². The van der Waals surface area contributed by atoms with Gasteiger partial charge in [0, 0.05) is 44.3 Å². The van der Waals surface area contributed by atoms with E-state index < -0.39 is 0 Å². The molecule has 0 aliphatic rings. The first-order valence-corrected chi connectivity index (χ1v) is 22.9. The zero-order chi connectivity index (χ0) is 44.3. The third-order valence-electron chi connectivity index (χ3n) is 13.4. The first-order valence-electron chi connectivity index (χ1n) is 22.9. The molecule has 0 fully saturated rings. The van der Waals surface area contributed by atoms with Crippen molar-refractivity contribution in [1.29, 1.82) is 0 Å². The van der Waals surface area contributed by atoms with E-state index in [0.717, 1.165) is 61.4 Å². The molecule has 0 spiro atoms. The molecule has 0 amide bonds. The first kappa shape index (κ1) is 38.5. The summed E-state index contributed by atoms with van der Waals surface area (Å²) in [5.41, 5.74) is 17.9. The topological polar surface area (TPSA) is 21.3 Å². The fourth-order valence-corrected chi connectivity index (χ4v) is 10.2. The number of aromatic nitrogens is 1. The Labute approximate surface area is 388 Å². The Kier molecular flexibility index (Phi) is 9.17. The number of fused-ring (bicyclic) bond motifs is 7. The molecule has 11 aromatic carbocycles. The Balaban J connectivity index is 0.882. The van der Waals surface area contributed by atoms with Gasteiger partial charge in [0.15, 0.2) is 0 Å². The molecule has 2 aromatic heterocycles. The van der Waals surface area contributed by atoms with Crippen LogP contribution in [0.5, 0.6) is 0 Å². The quantitative estimate of drug-likeness (QED) is 0.152. The van der Waals surface area contributed by atoms with Gasteiger partial charge in [0.25, 0.3) is 0 Å². The standard InChI is InChI=1S/C64H42N2O/c1-2-22-54-44(14-1)15-12-26-55(54)45-34-38-51(39-35-45)65(52-20-11-19-49(42-52)56-27-13-31-63-64(56)59-25-5-8-30-62(59)67-63)50-36-32-43(33-37-50)46-16-9-17-47(40-46)48-18-10-21-53(41-48)66-60-28-6-3-23-57(60)58-24-4-7-29-61(58)66/h1-42H. The van der Waals surface area contributed by atoms with E-state index in [2.05, 4.69) is 252 Å². The van der Waals surface area contributed by atoms with Gasteiger partial charge in [-0.2, -0.15) is 0 Å². The van der Waals surface area contributed by atoms with E-state index in [-0.39, 0.29) is 0 Å². The van der Waals surface area contributed by atoms with Crippen LogP contribution < -0.4 is 4.90 Å². The molecule has 0 bridgehead atoms. The number of benzene rings is 11. The minimum absolute atomic E-state index is 0.889. The first-order chi connectivity index (χ1) is 33.2. The summed E-state index contributed by atoms with van der Waals surface area (Å²) in [7, 11) is 0. The van der Waals surface area contributed by atoms with Crippen LogP contribution in [-0.2, 0) is 0 Å². The Morgan fingerprint density at radius 1 is 0.299 bits per heavy atom. The fraction of sp³-hybridized carbons (Fsp3) is 0. The number of para-hydroxylation sites is 3. The Hall–Kier alpha value is -8.92. The minimum Gasteiger partial charge on any atom is -0.456 e. The summed E-state index contributed by atoms with van der Waals surface area (Å²) in [5.74, 6) is 0. The minimum atomic E-state index is 0.889. The smallest absolute Gasteiger partial charge is 0.136 e. The van der Waals surface area contributed by atoms with Crippen LogP contribution >= 0.6 is 0 Å². The van der Waals surface area contributed by atoms with Gasteiger partial charge in [-0.25, -0.2) is 0 Å². The molecule has 0 atom stereocenters. The second kappa shape index (κ2) is 16.0. The van der Waals surface area contributed by atoms with Crippen LogP contribution in [0, 0.1) is 0 Å². The Morgan fingerprint density at radius 2 is 0.821 bits per heavy atom. The zero-order valence-electron chi connectivity index (χ0n) is 36.6. The largest absolute Gasteiger partial charge is 0.456 e. The van der Waals surface area contributed by atoms with Gasteiger partial charge in [-0.3, -0.25) is 0 Å². The number of rotatable bonds is 8. The molecule has 314 valence electrons. The lowest BCUT2D eigenvalue weighted by Gasteiger charge is -2.26. The van der Waals surface area contributed by atoms with Gasteiger partial charge in [0.05, 0.1) is 11.0 Å². The van der Waals surface area contributed by atoms with E-state index in [9.17, 15) is 0 Å². The van der Waals surface area contributed by atoms with Gasteiger partial charge < -0.3 is 13.9 Å². The molecule has 0 aliphatic heterocycles. The molecule has 3 heteroatoms. The third kappa shape index (κ3) is 6.67. The van der Waals surface area contributed by atoms with Gasteiger partial charge in [0.2, 0.25) is 0 Å². The van der Waals surface area contributed by atoms with Gasteiger partial charge in [-0.05, 0) is 134 Å². The van der Waals surface area contributed by atoms with Gasteiger partial charge in [0.1, 0.15) is 11.2 Å². The van der Waals surface area contributed by atoms with E-state index in [1.807, 2.05) is 12.1 Å². The van der Waals surface area contributed by atoms with Crippen LogP contribution in [-0.4, -0.2) is 4.57 Å². The van der Waals surface area contributed by atoms with Crippen LogP contribution in [0.15, 0.2) is 259 Å². The van der Waals surface area contributed by atoms with E-state index in [1.54, 1.807) is 0 Å². The highest BCUT2D eigenvalue weighted by Crippen LogP contribution is 2.42. The molecule has 0 aliphatic carbocycles. The molecule has 2 heterocycles. The molecule has 0 N–H and O–H groups in total. The second-order valence-corrected chi connectivity index (χ2v) is 17.3. The number of anilines is 3. The predicted octanol–water partition coefficient (Wildman–Crippen LogP) is 18.0. The highest BCUT2D eigenvalue weighted by atomic mass is 16.3. The second-order valence-electron chi connectivity index (χ2n) is 17.3. The van der Waals surface area contributed by atoms with Crippen LogP contribution in [0.4, 0.5) is 17.1 Å². The van der Waals surface area contributed by atoms with Crippen molar-refractivity contribution in [2.24, 2.45) is 0 Å². The van der Waals surface area contributed by atoms with Crippen molar-refractivity contribution in [3.63, 3.8) is 0 Å². The molecule has 0 saturated carbocycles. The number of hydrogen-bond donors (Lipinski definition) is 0. The lowest BCUT2D eigenvalue weighted by Crippen LogP contribution is -2.10. The summed E-state index contributed by atoms with van der Waals surface area (Å²) in [6.07, 6.45) is 0. The molecule has 13 aromatic rings. The van der Waals surface area contributed by atoms with E-state index >= 15 is 0 Å². The van der Waals surface area contributed by atoms with E-state index in [0.29, 0.717) is 0 Å². The van der Waals surface area contributed by atoms with Crippen molar-refractivity contribution >= 4 is 71.6 Å². The zero-order valence-corrected chi connectivity index (χ0v) is 36.6. The lowest BCUT2D eigenvalue weighted by atomic mass is 9.97. The molecule has 67 heavy (non-hydrogen) atoms. The maximum atomic E-state index is 6.32. The molecule has 0 saturated heterocycles. The Morgan fingerprint density at radius 3 is 1.58 bits per heavy atom. The Bertz CT molecular complexity index is 3930. The normalized spacial score (nSPS) is 11.6. The summed E-state index contributed by atoms with van der Waals surface area (Å²) in [5, 5.41) is 7.26. The molecule has 13 rings (SSSR count). The van der Waals surface area contributed by atoms with Crippen molar-refractivity contribution < 1.29 is 4.42 Å². The summed E-state index contributed by atoms with van der Waals surface area (Å²) in [4.78, 5) is 2.37. The molecule has 0 radical (unpaired) electrons. The SMILES string of the molecule is c1cc(-c2ccc(N(c3ccc(-c4cccc5ccccc45)cc3)c3cccc(-c4cccc5oc6ccccc6c45)c3)cc2)cc(-c2cccc(-n3c4ccccc4c4ccccc43)c2)c1. The van der Waals surface area contributed by atoms with Crippen molar-refractivity contribution in [2.45, 2.75) is 0 Å². The van der Waals surface area contributed by atoms with Crippen LogP contribution in [0.1, 0.15) is 0 Å². The average Bonchev–Trinajstić information content (AvgIpc) is 3.95. The number of hydrogen-bond acceptors (Lipinski definition) is 2. The summed E-state index contributed by atoms with van der Waals surface area (Å²) < 4.78 is 8.71. The van der Waals surface area contributed by atoms with Gasteiger partial charge >= 0.3 is 0 Å². The molecular formula is C64H42N2O. The molecule has 0 unspecified atom stereocenters. The summed E-state index contributed by atoms with van der Waals surface area (Å²) >= 11 is 0. The highest BCUT2D eigenvalue weighted by Gasteiger charge is 2.18. The third-order valence-corrected chi connectivity index (χ3v) is 13.4. The highest BCUT2D eigenvalue weighted by molar-refractivity contribution is 6.13. The van der Waals surface area contributed by atoms with Gasteiger partial charge in [-0.15, -0.1) is 0 Å². The molecular weight excluding hydrogens is 813 g/mol. The summed E-state index contributed by atoms with van der Waals surface area (Å²) in [6.45, 7) is 0. The van der Waals surface area contributed by atoms with Crippen LogP contribution in [0.25, 0.3) is 105 Å². The predicted molar refractivity (Wildman–Crippen MR) is 282 cm³/mol. The van der Waals surface area contributed by atoms with Crippen LogP contribution in [0.2, 0.25) is 0 Å². The van der Waals surface area contributed by atoms with Crippen LogP contribution in [0.3, 0.4) is 0 Å².